The fourth-order valence-corrected chi connectivity index (χ4v) is 2.23. The number of nitrogens with zero attached hydrogens (tertiary/aromatic N) is 5. The van der Waals surface area contributed by atoms with Gasteiger partial charge in [0.1, 0.15) is 0 Å². The van der Waals surface area contributed by atoms with Gasteiger partial charge in [-0.15, -0.1) is 0 Å². The average Bonchev–Trinajstić information content (AvgIpc) is 2.61. The van der Waals surface area contributed by atoms with Crippen molar-refractivity contribution in [3.8, 4) is 34.9 Å². The molecule has 23 heavy (non-hydrogen) atoms. The van der Waals surface area contributed by atoms with Crippen LogP contribution in [0.4, 0.5) is 0 Å². The molecular weight excluding hydrogens is 310 g/mol. The van der Waals surface area contributed by atoms with Crippen LogP contribution in [0.5, 0.6) is 0 Å². The first-order chi connectivity index (χ1) is 11.2. The topological polar surface area (TPSA) is 86.2 Å². The first-order valence-corrected chi connectivity index (χ1v) is 7.00. The first-order valence-electron chi connectivity index (χ1n) is 6.63. The van der Waals surface area contributed by atoms with Gasteiger partial charge in [-0.25, -0.2) is 4.98 Å². The molecule has 0 unspecified atom stereocenters. The quantitative estimate of drug-likeness (QED) is 0.720. The highest BCUT2D eigenvalue weighted by Gasteiger charge is 2.12. The van der Waals surface area contributed by atoms with Crippen LogP contribution in [-0.4, -0.2) is 15.0 Å². The maximum Gasteiger partial charge on any atom is 0.226 e. The normalized spacial score (nSPS) is 9.87. The monoisotopic (exact) mass is 317 g/mol. The molecule has 0 aliphatic carbocycles. The van der Waals surface area contributed by atoms with Crippen LogP contribution in [-0.2, 0) is 0 Å². The first kappa shape index (κ1) is 14.6. The Labute approximate surface area is 137 Å². The van der Waals surface area contributed by atoms with Crippen LogP contribution >= 0.6 is 11.6 Å². The van der Waals surface area contributed by atoms with E-state index in [1.165, 1.54) is 0 Å². The van der Waals surface area contributed by atoms with Gasteiger partial charge in [-0.1, -0.05) is 12.1 Å². The molecule has 2 aromatic carbocycles. The lowest BCUT2D eigenvalue weighted by atomic mass is 10.1. The summed E-state index contributed by atoms with van der Waals surface area (Å²) in [4.78, 5) is 12.6. The van der Waals surface area contributed by atoms with Gasteiger partial charge in [-0.3, -0.25) is 0 Å². The van der Waals surface area contributed by atoms with Gasteiger partial charge < -0.3 is 0 Å². The molecule has 3 aromatic rings. The SMILES string of the molecule is N#Cc1ccc(-c2nc(Cl)nc(-c3ccccc3C#N)n2)cc1. The molecule has 0 aliphatic heterocycles. The van der Waals surface area contributed by atoms with Crippen molar-refractivity contribution < 1.29 is 0 Å². The van der Waals surface area contributed by atoms with Gasteiger partial charge in [0.05, 0.1) is 23.3 Å². The van der Waals surface area contributed by atoms with Crippen molar-refractivity contribution in [1.29, 1.82) is 10.5 Å². The molecule has 0 saturated heterocycles. The predicted molar refractivity (Wildman–Crippen MR) is 85.1 cm³/mol. The lowest BCUT2D eigenvalue weighted by Gasteiger charge is -2.06. The van der Waals surface area contributed by atoms with Crippen molar-refractivity contribution in [3.63, 3.8) is 0 Å². The zero-order valence-electron chi connectivity index (χ0n) is 11.7. The molecular formula is C17H8ClN5. The van der Waals surface area contributed by atoms with E-state index in [0.717, 1.165) is 0 Å². The maximum absolute atomic E-state index is 9.21. The van der Waals surface area contributed by atoms with Crippen molar-refractivity contribution in [2.24, 2.45) is 0 Å². The average molecular weight is 318 g/mol. The number of aromatic nitrogens is 3. The number of halogens is 1. The summed E-state index contributed by atoms with van der Waals surface area (Å²) in [5, 5.41) is 18.1. The summed E-state index contributed by atoms with van der Waals surface area (Å²) in [6.45, 7) is 0. The molecule has 0 saturated carbocycles. The molecule has 1 heterocycles. The van der Waals surface area contributed by atoms with Crippen LogP contribution in [0.3, 0.4) is 0 Å². The number of rotatable bonds is 2. The summed E-state index contributed by atoms with van der Waals surface area (Å²) in [5.41, 5.74) is 2.31. The summed E-state index contributed by atoms with van der Waals surface area (Å²) in [6, 6.07) is 18.0. The van der Waals surface area contributed by atoms with E-state index < -0.39 is 0 Å². The molecule has 0 N–H and O–H groups in total. The standard InChI is InChI=1S/C17H8ClN5/c18-17-22-15(12-7-5-11(9-19)6-8-12)21-16(23-17)14-4-2-1-3-13(14)10-20/h1-8H. The summed E-state index contributed by atoms with van der Waals surface area (Å²) < 4.78 is 0. The molecule has 6 heteroatoms. The molecule has 3 rings (SSSR count). The van der Waals surface area contributed by atoms with Crippen LogP contribution in [0, 0.1) is 22.7 Å². The van der Waals surface area contributed by atoms with Crippen molar-refractivity contribution >= 4 is 11.6 Å². The third kappa shape index (κ3) is 3.01. The second-order valence-corrected chi connectivity index (χ2v) is 4.94. The van der Waals surface area contributed by atoms with Crippen molar-refractivity contribution in [2.45, 2.75) is 0 Å². The van der Waals surface area contributed by atoms with Gasteiger partial charge in [-0.2, -0.15) is 20.5 Å². The van der Waals surface area contributed by atoms with E-state index in [4.69, 9.17) is 16.9 Å². The smallest absolute Gasteiger partial charge is 0.208 e. The molecule has 1 aromatic heterocycles. The van der Waals surface area contributed by atoms with Gasteiger partial charge in [0.2, 0.25) is 5.28 Å². The van der Waals surface area contributed by atoms with E-state index in [-0.39, 0.29) is 5.28 Å². The van der Waals surface area contributed by atoms with Gasteiger partial charge in [0.25, 0.3) is 0 Å². The number of hydrogen-bond donors (Lipinski definition) is 0. The van der Waals surface area contributed by atoms with Crippen LogP contribution in [0.15, 0.2) is 48.5 Å². The minimum Gasteiger partial charge on any atom is -0.208 e. The van der Waals surface area contributed by atoms with Crippen LogP contribution < -0.4 is 0 Å². The number of nitriles is 2. The third-order valence-electron chi connectivity index (χ3n) is 3.17. The van der Waals surface area contributed by atoms with E-state index in [0.29, 0.717) is 33.9 Å². The minimum absolute atomic E-state index is 0.0436. The maximum atomic E-state index is 9.21. The van der Waals surface area contributed by atoms with Crippen molar-refractivity contribution in [1.82, 2.24) is 15.0 Å². The van der Waals surface area contributed by atoms with Crippen LogP contribution in [0.25, 0.3) is 22.8 Å². The molecule has 0 radical (unpaired) electrons. The highest BCUT2D eigenvalue weighted by molar-refractivity contribution is 6.28. The molecule has 0 atom stereocenters. The Morgan fingerprint density at radius 3 is 2.17 bits per heavy atom. The second-order valence-electron chi connectivity index (χ2n) is 4.60. The molecule has 0 spiro atoms. The minimum atomic E-state index is 0.0436. The number of hydrogen-bond acceptors (Lipinski definition) is 5. The highest BCUT2D eigenvalue weighted by atomic mass is 35.5. The Morgan fingerprint density at radius 1 is 0.783 bits per heavy atom. The summed E-state index contributed by atoms with van der Waals surface area (Å²) in [6.07, 6.45) is 0. The number of benzene rings is 2. The van der Waals surface area contributed by atoms with Gasteiger partial charge in [-0.05, 0) is 48.0 Å². The fourth-order valence-electron chi connectivity index (χ4n) is 2.07. The Kier molecular flexibility index (Phi) is 3.97. The van der Waals surface area contributed by atoms with E-state index in [1.807, 2.05) is 0 Å². The van der Waals surface area contributed by atoms with Gasteiger partial charge in [0.15, 0.2) is 11.6 Å². The van der Waals surface area contributed by atoms with Crippen LogP contribution in [0.1, 0.15) is 11.1 Å². The molecule has 0 fully saturated rings. The van der Waals surface area contributed by atoms with Crippen LogP contribution in [0.2, 0.25) is 5.28 Å². The molecule has 108 valence electrons. The van der Waals surface area contributed by atoms with Gasteiger partial charge >= 0.3 is 0 Å². The molecule has 0 bridgehead atoms. The zero-order chi connectivity index (χ0) is 16.2. The Balaban J connectivity index is 2.13. The van der Waals surface area contributed by atoms with E-state index in [2.05, 4.69) is 27.1 Å². The third-order valence-corrected chi connectivity index (χ3v) is 3.34. The molecule has 0 amide bonds. The Hall–Kier alpha value is -3.28. The van der Waals surface area contributed by atoms with E-state index in [1.54, 1.807) is 48.5 Å². The largest absolute Gasteiger partial charge is 0.226 e. The second kappa shape index (κ2) is 6.23. The van der Waals surface area contributed by atoms with E-state index >= 15 is 0 Å². The summed E-state index contributed by atoms with van der Waals surface area (Å²) in [5.74, 6) is 0.721. The fraction of sp³-hybridized carbons (Fsp3) is 0. The molecule has 0 aliphatic rings. The van der Waals surface area contributed by atoms with Crippen molar-refractivity contribution in [2.75, 3.05) is 0 Å². The van der Waals surface area contributed by atoms with E-state index in [9.17, 15) is 5.26 Å². The van der Waals surface area contributed by atoms with Crippen molar-refractivity contribution in [3.05, 3.63) is 64.9 Å². The Morgan fingerprint density at radius 2 is 1.48 bits per heavy atom. The Bertz CT molecular complexity index is 952. The summed E-state index contributed by atoms with van der Waals surface area (Å²) in [7, 11) is 0. The predicted octanol–water partition coefficient (Wildman–Crippen LogP) is 3.60. The lowest BCUT2D eigenvalue weighted by Crippen LogP contribution is -1.98. The highest BCUT2D eigenvalue weighted by Crippen LogP contribution is 2.24. The molecule has 5 nitrogen and oxygen atoms in total. The zero-order valence-corrected chi connectivity index (χ0v) is 12.5. The summed E-state index contributed by atoms with van der Waals surface area (Å²) >= 11 is 6.01. The lowest BCUT2D eigenvalue weighted by molar-refractivity contribution is 1.06. The van der Waals surface area contributed by atoms with Gasteiger partial charge in [0, 0.05) is 11.1 Å².